The minimum absolute atomic E-state index is 0.0697. The van der Waals surface area contributed by atoms with E-state index in [1.165, 1.54) is 16.7 Å². The molecule has 1 saturated carbocycles. The number of hydrogen-bond donors (Lipinski definition) is 1. The fraction of sp³-hybridized carbons (Fsp3) is 0.667. The van der Waals surface area contributed by atoms with E-state index in [9.17, 15) is 9.90 Å². The minimum atomic E-state index is -0.650. The summed E-state index contributed by atoms with van der Waals surface area (Å²) in [5.41, 5.74) is 3.59. The SMILES string of the molecule is Cc1cc(C(C)(C)C)cc2c1C1CC(C(=O)O)CCC1C(C)(C)O2. The molecular formula is C21H30O3. The van der Waals surface area contributed by atoms with Crippen LogP contribution in [0.25, 0.3) is 0 Å². The van der Waals surface area contributed by atoms with Crippen LogP contribution in [0.3, 0.4) is 0 Å². The van der Waals surface area contributed by atoms with Crippen molar-refractivity contribution in [2.75, 3.05) is 0 Å². The number of carboxylic acids is 1. The third-order valence-corrected chi connectivity index (χ3v) is 6.05. The van der Waals surface area contributed by atoms with Gasteiger partial charge in [-0.2, -0.15) is 0 Å². The van der Waals surface area contributed by atoms with Crippen molar-refractivity contribution < 1.29 is 14.6 Å². The van der Waals surface area contributed by atoms with E-state index in [0.29, 0.717) is 5.92 Å². The predicted octanol–water partition coefficient (Wildman–Crippen LogP) is 5.05. The Hall–Kier alpha value is -1.51. The molecule has 0 radical (unpaired) electrons. The number of carbonyl (C=O) groups is 1. The maximum Gasteiger partial charge on any atom is 0.306 e. The number of aryl methyl sites for hydroxylation is 1. The van der Waals surface area contributed by atoms with E-state index in [2.05, 4.69) is 53.7 Å². The number of carboxylic acid groups (broad SMARTS) is 1. The lowest BCUT2D eigenvalue weighted by Crippen LogP contribution is -2.47. The lowest BCUT2D eigenvalue weighted by Gasteiger charge is -2.49. The van der Waals surface area contributed by atoms with Crippen LogP contribution in [0.2, 0.25) is 0 Å². The Morgan fingerprint density at radius 2 is 1.92 bits per heavy atom. The summed E-state index contributed by atoms with van der Waals surface area (Å²) in [5, 5.41) is 9.50. The molecule has 1 aliphatic carbocycles. The molecule has 0 saturated heterocycles. The quantitative estimate of drug-likeness (QED) is 0.784. The Morgan fingerprint density at radius 3 is 2.50 bits per heavy atom. The molecule has 0 amide bonds. The van der Waals surface area contributed by atoms with Crippen molar-refractivity contribution in [2.24, 2.45) is 11.8 Å². The van der Waals surface area contributed by atoms with Gasteiger partial charge in [-0.1, -0.05) is 26.8 Å². The smallest absolute Gasteiger partial charge is 0.306 e. The van der Waals surface area contributed by atoms with E-state index in [0.717, 1.165) is 25.0 Å². The fourth-order valence-corrected chi connectivity index (χ4v) is 4.66. The number of benzene rings is 1. The molecule has 1 fully saturated rings. The zero-order valence-corrected chi connectivity index (χ0v) is 15.8. The van der Waals surface area contributed by atoms with E-state index < -0.39 is 5.97 Å². The van der Waals surface area contributed by atoms with Crippen LogP contribution in [-0.2, 0) is 10.2 Å². The van der Waals surface area contributed by atoms with Gasteiger partial charge < -0.3 is 9.84 Å². The van der Waals surface area contributed by atoms with E-state index in [1.807, 2.05) is 0 Å². The van der Waals surface area contributed by atoms with Gasteiger partial charge in [-0.25, -0.2) is 0 Å². The van der Waals surface area contributed by atoms with Crippen molar-refractivity contribution in [3.63, 3.8) is 0 Å². The molecular weight excluding hydrogens is 300 g/mol. The molecule has 1 heterocycles. The van der Waals surface area contributed by atoms with Gasteiger partial charge in [0.25, 0.3) is 0 Å². The van der Waals surface area contributed by atoms with Crippen molar-refractivity contribution >= 4 is 5.97 Å². The van der Waals surface area contributed by atoms with Crippen molar-refractivity contribution in [2.45, 2.75) is 77.7 Å². The third-order valence-electron chi connectivity index (χ3n) is 6.05. The number of rotatable bonds is 1. The van der Waals surface area contributed by atoms with Crippen LogP contribution in [0.15, 0.2) is 12.1 Å². The summed E-state index contributed by atoms with van der Waals surface area (Å²) in [6.45, 7) is 13.1. The van der Waals surface area contributed by atoms with Crippen LogP contribution in [0.4, 0.5) is 0 Å². The summed E-state index contributed by atoms with van der Waals surface area (Å²) in [6.07, 6.45) is 2.42. The molecule has 0 spiro atoms. The van der Waals surface area contributed by atoms with Gasteiger partial charge in [0, 0.05) is 11.5 Å². The third kappa shape index (κ3) is 2.82. The molecule has 3 nitrogen and oxygen atoms in total. The second-order valence-electron chi connectivity index (χ2n) is 9.22. The lowest BCUT2D eigenvalue weighted by atomic mass is 9.63. The Balaban J connectivity index is 2.10. The number of hydrogen-bond acceptors (Lipinski definition) is 2. The highest BCUT2D eigenvalue weighted by Crippen LogP contribution is 2.54. The summed E-state index contributed by atoms with van der Waals surface area (Å²) in [7, 11) is 0. The fourth-order valence-electron chi connectivity index (χ4n) is 4.66. The van der Waals surface area contributed by atoms with Crippen LogP contribution in [-0.4, -0.2) is 16.7 Å². The molecule has 3 heteroatoms. The Bertz CT molecular complexity index is 666. The molecule has 0 aromatic heterocycles. The average Bonchev–Trinajstić information content (AvgIpc) is 2.44. The highest BCUT2D eigenvalue weighted by Gasteiger charge is 2.48. The number of aliphatic carboxylic acids is 1. The molecule has 3 rings (SSSR count). The lowest BCUT2D eigenvalue weighted by molar-refractivity contribution is -0.144. The van der Waals surface area contributed by atoms with Gasteiger partial charge in [-0.05, 0) is 68.6 Å². The Morgan fingerprint density at radius 1 is 1.25 bits per heavy atom. The van der Waals surface area contributed by atoms with Gasteiger partial charge in [0.15, 0.2) is 0 Å². The zero-order valence-electron chi connectivity index (χ0n) is 15.8. The summed E-state index contributed by atoms with van der Waals surface area (Å²) in [6, 6.07) is 4.45. The van der Waals surface area contributed by atoms with Gasteiger partial charge in [0.1, 0.15) is 11.4 Å². The maximum absolute atomic E-state index is 11.5. The molecule has 1 aromatic rings. The number of ether oxygens (including phenoxy) is 1. The first-order chi connectivity index (χ1) is 11.0. The molecule has 2 aliphatic rings. The first kappa shape index (κ1) is 17.3. The summed E-state index contributed by atoms with van der Waals surface area (Å²) >= 11 is 0. The Labute approximate surface area is 145 Å². The number of fused-ring (bicyclic) bond motifs is 3. The summed E-state index contributed by atoms with van der Waals surface area (Å²) in [4.78, 5) is 11.5. The second-order valence-corrected chi connectivity index (χ2v) is 9.22. The van der Waals surface area contributed by atoms with Crippen LogP contribution in [0.5, 0.6) is 5.75 Å². The molecule has 24 heavy (non-hydrogen) atoms. The molecule has 1 N–H and O–H groups in total. The Kier molecular flexibility index (Phi) is 3.97. The molecule has 3 atom stereocenters. The van der Waals surface area contributed by atoms with E-state index in [-0.39, 0.29) is 22.9 Å². The molecule has 1 aliphatic heterocycles. The minimum Gasteiger partial charge on any atom is -0.487 e. The zero-order chi connectivity index (χ0) is 17.9. The highest BCUT2D eigenvalue weighted by molar-refractivity contribution is 5.70. The first-order valence-electron chi connectivity index (χ1n) is 9.07. The average molecular weight is 330 g/mol. The molecule has 132 valence electrons. The summed E-state index contributed by atoms with van der Waals surface area (Å²) in [5.74, 6) is 0.766. The van der Waals surface area contributed by atoms with Crippen molar-refractivity contribution in [3.05, 3.63) is 28.8 Å². The standard InChI is InChI=1S/C21H30O3/c1-12-9-14(20(2,3)4)11-17-18(12)15-10-13(19(22)23)7-8-16(15)21(5,6)24-17/h9,11,13,15-16H,7-8,10H2,1-6H3,(H,22,23). The van der Waals surface area contributed by atoms with Crippen LogP contribution in [0.1, 0.15) is 76.5 Å². The monoisotopic (exact) mass is 330 g/mol. The van der Waals surface area contributed by atoms with Gasteiger partial charge in [-0.3, -0.25) is 4.79 Å². The molecule has 0 bridgehead atoms. The highest BCUT2D eigenvalue weighted by atomic mass is 16.5. The van der Waals surface area contributed by atoms with Gasteiger partial charge in [0.05, 0.1) is 5.92 Å². The largest absolute Gasteiger partial charge is 0.487 e. The summed E-state index contributed by atoms with van der Waals surface area (Å²) < 4.78 is 6.45. The van der Waals surface area contributed by atoms with Gasteiger partial charge in [-0.15, -0.1) is 0 Å². The van der Waals surface area contributed by atoms with Crippen molar-refractivity contribution in [1.29, 1.82) is 0 Å². The van der Waals surface area contributed by atoms with E-state index >= 15 is 0 Å². The maximum atomic E-state index is 11.5. The van der Waals surface area contributed by atoms with Crippen molar-refractivity contribution in [1.82, 2.24) is 0 Å². The van der Waals surface area contributed by atoms with Gasteiger partial charge in [0.2, 0.25) is 0 Å². The first-order valence-corrected chi connectivity index (χ1v) is 9.07. The van der Waals surface area contributed by atoms with Crippen LogP contribution in [0, 0.1) is 18.8 Å². The van der Waals surface area contributed by atoms with Crippen LogP contribution < -0.4 is 4.74 Å². The van der Waals surface area contributed by atoms with Crippen molar-refractivity contribution in [3.8, 4) is 5.75 Å². The molecule has 1 aromatic carbocycles. The normalized spacial score (nSPS) is 28.5. The van der Waals surface area contributed by atoms with E-state index in [4.69, 9.17) is 4.74 Å². The van der Waals surface area contributed by atoms with Gasteiger partial charge >= 0.3 is 5.97 Å². The van der Waals surface area contributed by atoms with E-state index in [1.54, 1.807) is 0 Å². The van der Waals surface area contributed by atoms with Crippen LogP contribution >= 0.6 is 0 Å². The molecule has 3 unspecified atom stereocenters. The topological polar surface area (TPSA) is 46.5 Å². The second kappa shape index (κ2) is 5.50. The predicted molar refractivity (Wildman–Crippen MR) is 95.8 cm³/mol.